The Morgan fingerprint density at radius 1 is 1.05 bits per heavy atom. The molecule has 3 heteroatoms. The van der Waals surface area contributed by atoms with Gasteiger partial charge in [0.25, 0.3) is 5.56 Å². The molecule has 98 valence electrons. The van der Waals surface area contributed by atoms with Gasteiger partial charge in [0, 0.05) is 17.3 Å². The molecule has 0 amide bonds. The molecule has 0 fully saturated rings. The molecule has 19 heavy (non-hydrogen) atoms. The second-order valence-electron chi connectivity index (χ2n) is 4.81. The molecule has 0 unspecified atom stereocenters. The minimum Gasteiger partial charge on any atom is -0.305 e. The van der Waals surface area contributed by atoms with Crippen LogP contribution in [0.25, 0.3) is 0 Å². The number of hydrogen-bond donors (Lipinski definition) is 0. The minimum atomic E-state index is -0.141. The van der Waals surface area contributed by atoms with Gasteiger partial charge in [0.2, 0.25) is 0 Å². The quantitative estimate of drug-likeness (QED) is 0.791. The fraction of sp³-hybridized carbons (Fsp3) is 0.250. The molecule has 2 aromatic rings. The minimum absolute atomic E-state index is 0.0421. The van der Waals surface area contributed by atoms with E-state index in [1.165, 1.54) is 10.6 Å². The third-order valence-electron chi connectivity index (χ3n) is 3.40. The summed E-state index contributed by atoms with van der Waals surface area (Å²) in [6.45, 7) is 5.91. The first-order valence-corrected chi connectivity index (χ1v) is 6.26. The molecular weight excluding hydrogens is 238 g/mol. The molecule has 0 radical (unpaired) electrons. The van der Waals surface area contributed by atoms with E-state index in [1.54, 1.807) is 6.07 Å². The Balaban J connectivity index is 2.31. The van der Waals surface area contributed by atoms with Gasteiger partial charge in [0.1, 0.15) is 0 Å². The highest BCUT2D eigenvalue weighted by Gasteiger charge is 2.10. The second kappa shape index (κ2) is 5.22. The van der Waals surface area contributed by atoms with Gasteiger partial charge in [-0.3, -0.25) is 9.59 Å². The molecule has 3 nitrogen and oxygen atoms in total. The van der Waals surface area contributed by atoms with Crippen molar-refractivity contribution in [1.29, 1.82) is 0 Å². The summed E-state index contributed by atoms with van der Waals surface area (Å²) in [6.07, 6.45) is 0. The second-order valence-corrected chi connectivity index (χ2v) is 4.81. The van der Waals surface area contributed by atoms with Crippen LogP contribution in [-0.4, -0.2) is 10.4 Å². The van der Waals surface area contributed by atoms with Gasteiger partial charge in [-0.2, -0.15) is 0 Å². The van der Waals surface area contributed by atoms with E-state index in [9.17, 15) is 9.59 Å². The van der Waals surface area contributed by atoms with Crippen LogP contribution < -0.4 is 5.56 Å². The van der Waals surface area contributed by atoms with Crippen LogP contribution in [-0.2, 0) is 6.54 Å². The zero-order valence-corrected chi connectivity index (χ0v) is 11.4. The molecule has 0 aliphatic carbocycles. The van der Waals surface area contributed by atoms with E-state index in [0.717, 1.165) is 16.8 Å². The molecule has 0 saturated heterocycles. The van der Waals surface area contributed by atoms with E-state index < -0.39 is 0 Å². The number of aromatic nitrogens is 1. The number of ketones is 1. The number of Topliss-reactive ketones (excluding diaryl/α,β-unsaturated/α-hetero) is 1. The lowest BCUT2D eigenvalue weighted by atomic mass is 10.0. The van der Waals surface area contributed by atoms with E-state index in [-0.39, 0.29) is 17.9 Å². The van der Waals surface area contributed by atoms with Crippen LogP contribution in [0, 0.1) is 20.8 Å². The molecule has 0 N–H and O–H groups in total. The highest BCUT2D eigenvalue weighted by molar-refractivity contribution is 5.96. The monoisotopic (exact) mass is 255 g/mol. The van der Waals surface area contributed by atoms with Crippen molar-refractivity contribution < 1.29 is 4.79 Å². The number of nitrogens with zero attached hydrogens (tertiary/aromatic N) is 1. The Labute approximate surface area is 112 Å². The summed E-state index contributed by atoms with van der Waals surface area (Å²) in [5.74, 6) is -0.0421. The van der Waals surface area contributed by atoms with Crippen molar-refractivity contribution in [3.8, 4) is 0 Å². The highest BCUT2D eigenvalue weighted by atomic mass is 16.1. The van der Waals surface area contributed by atoms with Crippen LogP contribution in [0.2, 0.25) is 0 Å². The summed E-state index contributed by atoms with van der Waals surface area (Å²) in [7, 11) is 0. The number of hydrogen-bond acceptors (Lipinski definition) is 2. The molecule has 0 saturated carbocycles. The average molecular weight is 255 g/mol. The molecule has 0 spiro atoms. The third kappa shape index (κ3) is 2.81. The molecule has 0 bridgehead atoms. The van der Waals surface area contributed by atoms with Gasteiger partial charge in [0.15, 0.2) is 5.78 Å². The highest BCUT2D eigenvalue weighted by Crippen LogP contribution is 2.11. The Morgan fingerprint density at radius 2 is 1.79 bits per heavy atom. The number of benzene rings is 1. The van der Waals surface area contributed by atoms with Crippen LogP contribution in [0.5, 0.6) is 0 Å². The van der Waals surface area contributed by atoms with Gasteiger partial charge in [-0.15, -0.1) is 0 Å². The van der Waals surface area contributed by atoms with Crippen molar-refractivity contribution in [3.63, 3.8) is 0 Å². The summed E-state index contributed by atoms with van der Waals surface area (Å²) >= 11 is 0. The first-order chi connectivity index (χ1) is 8.99. The molecule has 0 aliphatic heterocycles. The fourth-order valence-corrected chi connectivity index (χ4v) is 1.98. The van der Waals surface area contributed by atoms with E-state index in [0.29, 0.717) is 5.56 Å². The molecule has 1 heterocycles. The van der Waals surface area contributed by atoms with Crippen molar-refractivity contribution in [1.82, 2.24) is 4.57 Å². The van der Waals surface area contributed by atoms with Crippen LogP contribution in [0.1, 0.15) is 27.2 Å². The Hall–Kier alpha value is -2.16. The van der Waals surface area contributed by atoms with Gasteiger partial charge in [0.05, 0.1) is 6.54 Å². The third-order valence-corrected chi connectivity index (χ3v) is 3.40. The summed E-state index contributed by atoms with van der Waals surface area (Å²) in [5, 5.41) is 0. The maximum Gasteiger partial charge on any atom is 0.251 e. The van der Waals surface area contributed by atoms with Gasteiger partial charge in [-0.05, 0) is 44.0 Å². The van der Waals surface area contributed by atoms with Crippen LogP contribution >= 0.6 is 0 Å². The molecule has 0 aliphatic rings. The van der Waals surface area contributed by atoms with Crippen molar-refractivity contribution in [2.75, 3.05) is 0 Å². The van der Waals surface area contributed by atoms with Crippen molar-refractivity contribution in [3.05, 3.63) is 69.1 Å². The standard InChI is InChI=1S/C16H17NO2/c1-11-7-8-14(9-12(11)2)15(18)10-17-13(3)5-4-6-16(17)19/h4-9H,10H2,1-3H3. The maximum atomic E-state index is 12.2. The molecule has 0 atom stereocenters. The number of rotatable bonds is 3. The predicted molar refractivity (Wildman–Crippen MR) is 75.7 cm³/mol. The van der Waals surface area contributed by atoms with Crippen molar-refractivity contribution in [2.24, 2.45) is 0 Å². The van der Waals surface area contributed by atoms with Gasteiger partial charge >= 0.3 is 0 Å². The zero-order chi connectivity index (χ0) is 14.0. The maximum absolute atomic E-state index is 12.2. The van der Waals surface area contributed by atoms with E-state index in [1.807, 2.05) is 45.0 Å². The smallest absolute Gasteiger partial charge is 0.251 e. The van der Waals surface area contributed by atoms with Gasteiger partial charge < -0.3 is 4.57 Å². The first-order valence-electron chi connectivity index (χ1n) is 6.26. The van der Waals surface area contributed by atoms with E-state index in [4.69, 9.17) is 0 Å². The molecule has 1 aromatic carbocycles. The summed E-state index contributed by atoms with van der Waals surface area (Å²) < 4.78 is 1.50. The largest absolute Gasteiger partial charge is 0.305 e. The topological polar surface area (TPSA) is 39.1 Å². The molecule has 1 aromatic heterocycles. The van der Waals surface area contributed by atoms with Crippen LogP contribution in [0.15, 0.2) is 41.2 Å². The number of carbonyl (C=O) groups excluding carboxylic acids is 1. The SMILES string of the molecule is Cc1ccc(C(=O)Cn2c(C)cccc2=O)cc1C. The lowest BCUT2D eigenvalue weighted by Gasteiger charge is -2.09. The normalized spacial score (nSPS) is 10.5. The van der Waals surface area contributed by atoms with E-state index >= 15 is 0 Å². The Kier molecular flexibility index (Phi) is 3.65. The predicted octanol–water partition coefficient (Wildman–Crippen LogP) is 2.66. The van der Waals surface area contributed by atoms with Crippen molar-refractivity contribution >= 4 is 5.78 Å². The van der Waals surface area contributed by atoms with Gasteiger partial charge in [-0.1, -0.05) is 18.2 Å². The van der Waals surface area contributed by atoms with Crippen LogP contribution in [0.3, 0.4) is 0 Å². The van der Waals surface area contributed by atoms with E-state index in [2.05, 4.69) is 0 Å². The first kappa shape index (κ1) is 13.3. The number of pyridine rings is 1. The van der Waals surface area contributed by atoms with Crippen molar-refractivity contribution in [2.45, 2.75) is 27.3 Å². The molecular formula is C16H17NO2. The summed E-state index contributed by atoms with van der Waals surface area (Å²) in [6, 6.07) is 10.6. The Morgan fingerprint density at radius 3 is 2.42 bits per heavy atom. The lowest BCUT2D eigenvalue weighted by molar-refractivity contribution is 0.0970. The van der Waals surface area contributed by atoms with Gasteiger partial charge in [-0.25, -0.2) is 0 Å². The lowest BCUT2D eigenvalue weighted by Crippen LogP contribution is -2.25. The summed E-state index contributed by atoms with van der Waals surface area (Å²) in [5.41, 5.74) is 3.55. The number of aryl methyl sites for hydroxylation is 3. The fourth-order valence-electron chi connectivity index (χ4n) is 1.98. The molecule has 2 rings (SSSR count). The zero-order valence-electron chi connectivity index (χ0n) is 11.4. The number of carbonyl (C=O) groups is 1. The average Bonchev–Trinajstić information content (AvgIpc) is 2.37. The van der Waals surface area contributed by atoms with Crippen LogP contribution in [0.4, 0.5) is 0 Å². The summed E-state index contributed by atoms with van der Waals surface area (Å²) in [4.78, 5) is 24.0. The Bertz CT molecular complexity index is 683.